The number of aryl methyl sites for hydroxylation is 2. The fourth-order valence-corrected chi connectivity index (χ4v) is 2.82. The van der Waals surface area contributed by atoms with E-state index >= 15 is 0 Å². The Balaban J connectivity index is 1.98. The molecule has 24 heavy (non-hydrogen) atoms. The highest BCUT2D eigenvalue weighted by Crippen LogP contribution is 2.26. The minimum atomic E-state index is -0.844. The second-order valence-electron chi connectivity index (χ2n) is 5.87. The van der Waals surface area contributed by atoms with E-state index in [1.807, 2.05) is 13.8 Å². The van der Waals surface area contributed by atoms with Crippen LogP contribution in [0.4, 0.5) is 4.39 Å². The molecule has 2 amide bonds. The highest BCUT2D eigenvalue weighted by molar-refractivity contribution is 5.98. The van der Waals surface area contributed by atoms with Crippen LogP contribution in [0.2, 0.25) is 0 Å². The molecule has 1 aromatic heterocycles. The number of nitrogens with one attached hydrogen (secondary N) is 1. The number of pyridine rings is 1. The number of carbonyl (C=O) groups excluding carboxylic acids is 2. The molecule has 1 saturated heterocycles. The van der Waals surface area contributed by atoms with Crippen LogP contribution in [0.25, 0.3) is 0 Å². The fraction of sp³-hybridized carbons (Fsp3) is 0.278. The van der Waals surface area contributed by atoms with Gasteiger partial charge in [0, 0.05) is 25.0 Å². The van der Waals surface area contributed by atoms with Gasteiger partial charge in [0.15, 0.2) is 0 Å². The van der Waals surface area contributed by atoms with Crippen LogP contribution < -0.4 is 5.32 Å². The molecule has 1 N–H and O–H groups in total. The number of hydrogen-bond donors (Lipinski definition) is 1. The summed E-state index contributed by atoms with van der Waals surface area (Å²) in [5, 5.41) is 2.74. The lowest BCUT2D eigenvalue weighted by Crippen LogP contribution is -2.52. The summed E-state index contributed by atoms with van der Waals surface area (Å²) in [6.07, 6.45) is 1.51. The lowest BCUT2D eigenvalue weighted by atomic mass is 10.0. The first-order valence-electron chi connectivity index (χ1n) is 7.75. The van der Waals surface area contributed by atoms with Crippen LogP contribution in [0.1, 0.15) is 33.2 Å². The minimum absolute atomic E-state index is 0.283. The molecule has 6 heteroatoms. The number of hydrogen-bond acceptors (Lipinski definition) is 3. The van der Waals surface area contributed by atoms with E-state index in [9.17, 15) is 14.0 Å². The summed E-state index contributed by atoms with van der Waals surface area (Å²) in [6, 6.07) is 6.70. The van der Waals surface area contributed by atoms with E-state index in [1.54, 1.807) is 12.1 Å². The molecule has 1 atom stereocenters. The maximum Gasteiger partial charge on any atom is 0.256 e. The molecular weight excluding hydrogens is 309 g/mol. The SMILES string of the molecule is Cc1cc(C(=O)N2CCNC(=O)[C@@H]2c2cccc(F)c2)cnc1C. The predicted octanol–water partition coefficient (Wildman–Crippen LogP) is 2.15. The minimum Gasteiger partial charge on any atom is -0.352 e. The summed E-state index contributed by atoms with van der Waals surface area (Å²) in [5.41, 5.74) is 2.64. The Morgan fingerprint density at radius 3 is 2.83 bits per heavy atom. The molecule has 0 bridgehead atoms. The Kier molecular flexibility index (Phi) is 4.29. The van der Waals surface area contributed by atoms with E-state index in [1.165, 1.54) is 29.3 Å². The highest BCUT2D eigenvalue weighted by Gasteiger charge is 2.35. The summed E-state index contributed by atoms with van der Waals surface area (Å²) in [6.45, 7) is 4.48. The lowest BCUT2D eigenvalue weighted by Gasteiger charge is -2.35. The van der Waals surface area contributed by atoms with Gasteiger partial charge < -0.3 is 10.2 Å². The third-order valence-electron chi connectivity index (χ3n) is 4.22. The smallest absolute Gasteiger partial charge is 0.256 e. The maximum absolute atomic E-state index is 13.6. The number of halogens is 1. The molecule has 0 spiro atoms. The Morgan fingerprint density at radius 1 is 1.33 bits per heavy atom. The molecule has 1 fully saturated rings. The van der Waals surface area contributed by atoms with Crippen molar-refractivity contribution >= 4 is 11.8 Å². The van der Waals surface area contributed by atoms with E-state index < -0.39 is 11.9 Å². The number of nitrogens with zero attached hydrogens (tertiary/aromatic N) is 2. The number of rotatable bonds is 2. The van der Waals surface area contributed by atoms with Gasteiger partial charge in [0.1, 0.15) is 11.9 Å². The third-order valence-corrected chi connectivity index (χ3v) is 4.22. The normalized spacial score (nSPS) is 17.5. The number of benzene rings is 1. The summed E-state index contributed by atoms with van der Waals surface area (Å²) in [4.78, 5) is 30.9. The van der Waals surface area contributed by atoms with E-state index in [4.69, 9.17) is 0 Å². The van der Waals surface area contributed by atoms with E-state index in [0.29, 0.717) is 24.2 Å². The second kappa shape index (κ2) is 6.39. The molecule has 0 aliphatic carbocycles. The van der Waals surface area contributed by atoms with Crippen LogP contribution >= 0.6 is 0 Å². The molecule has 0 radical (unpaired) electrons. The van der Waals surface area contributed by atoms with Gasteiger partial charge in [0.05, 0.1) is 5.56 Å². The first-order chi connectivity index (χ1) is 11.5. The topological polar surface area (TPSA) is 62.3 Å². The zero-order chi connectivity index (χ0) is 17.3. The van der Waals surface area contributed by atoms with Crippen LogP contribution in [0.3, 0.4) is 0 Å². The number of carbonyl (C=O) groups is 2. The highest BCUT2D eigenvalue weighted by atomic mass is 19.1. The molecule has 124 valence electrons. The Bertz CT molecular complexity index is 807. The number of aromatic nitrogens is 1. The van der Waals surface area contributed by atoms with Crippen molar-refractivity contribution in [2.24, 2.45) is 0 Å². The first-order valence-corrected chi connectivity index (χ1v) is 7.75. The summed E-state index contributed by atoms with van der Waals surface area (Å²) in [5.74, 6) is -1.03. The zero-order valence-corrected chi connectivity index (χ0v) is 13.5. The standard InChI is InChI=1S/C18H18FN3O2/c1-11-8-14(10-21-12(11)2)18(24)22-7-6-20-17(23)16(22)13-4-3-5-15(19)9-13/h3-5,8-10,16H,6-7H2,1-2H3,(H,20,23)/t16-/m0/s1. The summed E-state index contributed by atoms with van der Waals surface area (Å²) < 4.78 is 13.6. The molecule has 0 saturated carbocycles. The van der Waals surface area contributed by atoms with Crippen molar-refractivity contribution in [1.29, 1.82) is 0 Å². The fourth-order valence-electron chi connectivity index (χ4n) is 2.82. The number of piperazine rings is 1. The summed E-state index contributed by atoms with van der Waals surface area (Å²) in [7, 11) is 0. The van der Waals surface area contributed by atoms with Crippen molar-refractivity contribution in [2.45, 2.75) is 19.9 Å². The van der Waals surface area contributed by atoms with E-state index in [0.717, 1.165) is 11.3 Å². The third kappa shape index (κ3) is 2.99. The Hall–Kier alpha value is -2.76. The molecule has 0 unspecified atom stereocenters. The van der Waals surface area contributed by atoms with Gasteiger partial charge in [-0.15, -0.1) is 0 Å². The van der Waals surface area contributed by atoms with Gasteiger partial charge in [0.2, 0.25) is 5.91 Å². The van der Waals surface area contributed by atoms with Gasteiger partial charge in [-0.25, -0.2) is 4.39 Å². The molecule has 3 rings (SSSR count). The van der Waals surface area contributed by atoms with Crippen molar-refractivity contribution in [1.82, 2.24) is 15.2 Å². The van der Waals surface area contributed by atoms with Crippen LogP contribution in [-0.4, -0.2) is 34.8 Å². The van der Waals surface area contributed by atoms with E-state index in [2.05, 4.69) is 10.3 Å². The quantitative estimate of drug-likeness (QED) is 0.919. The van der Waals surface area contributed by atoms with Crippen LogP contribution in [0.5, 0.6) is 0 Å². The monoisotopic (exact) mass is 327 g/mol. The molecule has 1 aliphatic heterocycles. The summed E-state index contributed by atoms with van der Waals surface area (Å²) >= 11 is 0. The van der Waals surface area contributed by atoms with Crippen molar-refractivity contribution < 1.29 is 14.0 Å². The van der Waals surface area contributed by atoms with Gasteiger partial charge in [-0.3, -0.25) is 14.6 Å². The van der Waals surface area contributed by atoms with Crippen molar-refractivity contribution in [3.63, 3.8) is 0 Å². The van der Waals surface area contributed by atoms with Crippen molar-refractivity contribution in [2.75, 3.05) is 13.1 Å². The van der Waals surface area contributed by atoms with Crippen molar-refractivity contribution in [3.8, 4) is 0 Å². The largest absolute Gasteiger partial charge is 0.352 e. The van der Waals surface area contributed by atoms with Crippen LogP contribution in [0, 0.1) is 19.7 Å². The zero-order valence-electron chi connectivity index (χ0n) is 13.5. The predicted molar refractivity (Wildman–Crippen MR) is 86.9 cm³/mol. The Morgan fingerprint density at radius 2 is 2.12 bits per heavy atom. The van der Waals surface area contributed by atoms with Crippen LogP contribution in [-0.2, 0) is 4.79 Å². The lowest BCUT2D eigenvalue weighted by molar-refractivity contribution is -0.128. The Labute approximate surface area is 139 Å². The average molecular weight is 327 g/mol. The van der Waals surface area contributed by atoms with Gasteiger partial charge in [-0.1, -0.05) is 12.1 Å². The molecule has 1 aliphatic rings. The van der Waals surface area contributed by atoms with Crippen molar-refractivity contribution in [3.05, 3.63) is 64.7 Å². The van der Waals surface area contributed by atoms with Crippen LogP contribution in [0.15, 0.2) is 36.5 Å². The molecule has 2 heterocycles. The molecule has 1 aromatic carbocycles. The molecule has 5 nitrogen and oxygen atoms in total. The van der Waals surface area contributed by atoms with Gasteiger partial charge in [-0.2, -0.15) is 0 Å². The average Bonchev–Trinajstić information content (AvgIpc) is 2.56. The molecular formula is C18H18FN3O2. The van der Waals surface area contributed by atoms with Gasteiger partial charge in [-0.05, 0) is 43.2 Å². The molecule has 2 aromatic rings. The number of amides is 2. The van der Waals surface area contributed by atoms with Gasteiger partial charge >= 0.3 is 0 Å². The first kappa shape index (κ1) is 16.1. The second-order valence-corrected chi connectivity index (χ2v) is 5.87. The maximum atomic E-state index is 13.6. The van der Waals surface area contributed by atoms with Gasteiger partial charge in [0.25, 0.3) is 5.91 Å². The van der Waals surface area contributed by atoms with E-state index in [-0.39, 0.29) is 11.8 Å².